The molecule has 1 aromatic heterocycles. The lowest BCUT2D eigenvalue weighted by molar-refractivity contribution is 0.102. The van der Waals surface area contributed by atoms with Crippen LogP contribution >= 0.6 is 59.1 Å². The summed E-state index contributed by atoms with van der Waals surface area (Å²) < 4.78 is 2.56. The Morgan fingerprint density at radius 1 is 1.26 bits per heavy atom. The summed E-state index contributed by atoms with van der Waals surface area (Å²) in [4.78, 5) is 12.2. The topological polar surface area (TPSA) is 55.1 Å². The van der Waals surface area contributed by atoms with Crippen molar-refractivity contribution in [1.82, 2.24) is 0 Å². The number of halogens is 3. The first kappa shape index (κ1) is 15.0. The number of hydrogen-bond acceptors (Lipinski definition) is 3. The molecule has 1 aromatic carbocycles. The van der Waals surface area contributed by atoms with E-state index in [0.717, 1.165) is 17.6 Å². The van der Waals surface area contributed by atoms with Crippen molar-refractivity contribution >= 4 is 76.4 Å². The maximum absolute atomic E-state index is 12.2. The number of anilines is 2. The predicted octanol–water partition coefficient (Wildman–Crippen LogP) is 5.18. The van der Waals surface area contributed by atoms with E-state index in [2.05, 4.69) is 53.1 Å². The summed E-state index contributed by atoms with van der Waals surface area (Å²) in [7, 11) is 0. The van der Waals surface area contributed by atoms with E-state index in [1.807, 2.05) is 13.0 Å². The third kappa shape index (κ3) is 3.39. The van der Waals surface area contributed by atoms with Gasteiger partial charge in [-0.3, -0.25) is 4.79 Å². The molecular weight excluding hydrogens is 460 g/mol. The number of carbonyl (C=O) groups is 1. The Hall–Kier alpha value is -0.370. The molecule has 0 bridgehead atoms. The summed E-state index contributed by atoms with van der Waals surface area (Å²) >= 11 is 11.5. The molecule has 0 aliphatic rings. The van der Waals surface area contributed by atoms with Gasteiger partial charge in [0.2, 0.25) is 0 Å². The smallest absolute Gasteiger partial charge is 0.257 e. The molecule has 2 rings (SSSR count). The van der Waals surface area contributed by atoms with Crippen LogP contribution in [0.1, 0.15) is 15.9 Å². The molecule has 3 nitrogen and oxygen atoms in total. The summed E-state index contributed by atoms with van der Waals surface area (Å²) in [5, 5.41) is 2.85. The zero-order chi connectivity index (χ0) is 14.2. The highest BCUT2D eigenvalue weighted by Gasteiger charge is 2.16. The van der Waals surface area contributed by atoms with Crippen LogP contribution in [0.2, 0.25) is 0 Å². The summed E-state index contributed by atoms with van der Waals surface area (Å²) in [5.74, 6) is -0.189. The SMILES string of the molecule is Cc1cc(Br)cc(N)c1NC(=O)c1cc(Br)sc1Br. The number of nitrogens with one attached hydrogen (secondary N) is 1. The molecule has 0 atom stereocenters. The van der Waals surface area contributed by atoms with Gasteiger partial charge in [0, 0.05) is 4.47 Å². The van der Waals surface area contributed by atoms with E-state index >= 15 is 0 Å². The van der Waals surface area contributed by atoms with Gasteiger partial charge in [-0.15, -0.1) is 11.3 Å². The number of nitrogen functional groups attached to an aromatic ring is 1. The predicted molar refractivity (Wildman–Crippen MR) is 91.0 cm³/mol. The van der Waals surface area contributed by atoms with Crippen LogP contribution in [0.5, 0.6) is 0 Å². The zero-order valence-electron chi connectivity index (χ0n) is 9.76. The monoisotopic (exact) mass is 466 g/mol. The summed E-state index contributed by atoms with van der Waals surface area (Å²) in [6.45, 7) is 1.90. The first-order valence-electron chi connectivity index (χ1n) is 5.20. The van der Waals surface area contributed by atoms with Gasteiger partial charge in [-0.1, -0.05) is 15.9 Å². The first-order chi connectivity index (χ1) is 8.88. The minimum Gasteiger partial charge on any atom is -0.397 e. The van der Waals surface area contributed by atoms with E-state index in [1.165, 1.54) is 11.3 Å². The molecule has 0 spiro atoms. The Bertz CT molecular complexity index is 631. The van der Waals surface area contributed by atoms with Crippen molar-refractivity contribution in [2.24, 2.45) is 0 Å². The van der Waals surface area contributed by atoms with Crippen LogP contribution in [0, 0.1) is 6.92 Å². The molecular formula is C12H9Br3N2OS. The van der Waals surface area contributed by atoms with Gasteiger partial charge in [0.05, 0.1) is 24.5 Å². The van der Waals surface area contributed by atoms with E-state index in [1.54, 1.807) is 12.1 Å². The van der Waals surface area contributed by atoms with Gasteiger partial charge in [0.25, 0.3) is 5.91 Å². The minimum atomic E-state index is -0.189. The summed E-state index contributed by atoms with van der Waals surface area (Å²) in [6.07, 6.45) is 0. The number of thiophene rings is 1. The van der Waals surface area contributed by atoms with Gasteiger partial charge in [-0.2, -0.15) is 0 Å². The second kappa shape index (κ2) is 5.95. The van der Waals surface area contributed by atoms with E-state index in [0.29, 0.717) is 16.9 Å². The van der Waals surface area contributed by atoms with Gasteiger partial charge in [0.15, 0.2) is 0 Å². The van der Waals surface area contributed by atoms with Crippen LogP contribution in [0.15, 0.2) is 30.2 Å². The standard InChI is InChI=1S/C12H9Br3N2OS/c1-5-2-6(13)3-8(16)10(5)17-12(18)7-4-9(14)19-11(7)15/h2-4H,16H2,1H3,(H,17,18). The molecule has 0 unspecified atom stereocenters. The fourth-order valence-corrected chi connectivity index (χ4v) is 5.00. The Balaban J connectivity index is 2.32. The number of rotatable bonds is 2. The highest BCUT2D eigenvalue weighted by atomic mass is 79.9. The van der Waals surface area contributed by atoms with Crippen LogP contribution in [0.25, 0.3) is 0 Å². The number of benzene rings is 1. The number of amides is 1. The molecule has 2 aromatic rings. The van der Waals surface area contributed by atoms with E-state index in [4.69, 9.17) is 5.73 Å². The number of hydrogen-bond donors (Lipinski definition) is 2. The molecule has 0 radical (unpaired) electrons. The number of aryl methyl sites for hydroxylation is 1. The Morgan fingerprint density at radius 3 is 2.47 bits per heavy atom. The highest BCUT2D eigenvalue weighted by molar-refractivity contribution is 9.12. The Labute approximate surface area is 140 Å². The van der Waals surface area contributed by atoms with Crippen molar-refractivity contribution in [3.63, 3.8) is 0 Å². The molecule has 0 saturated carbocycles. The maximum Gasteiger partial charge on any atom is 0.257 e. The lowest BCUT2D eigenvalue weighted by atomic mass is 10.1. The average molecular weight is 469 g/mol. The van der Waals surface area contributed by atoms with Crippen molar-refractivity contribution in [2.75, 3.05) is 11.1 Å². The van der Waals surface area contributed by atoms with Gasteiger partial charge in [-0.05, 0) is 62.5 Å². The van der Waals surface area contributed by atoms with E-state index in [9.17, 15) is 4.79 Å². The van der Waals surface area contributed by atoms with Gasteiger partial charge >= 0.3 is 0 Å². The van der Waals surface area contributed by atoms with E-state index < -0.39 is 0 Å². The quantitative estimate of drug-likeness (QED) is 0.597. The number of nitrogens with two attached hydrogens (primary N) is 1. The zero-order valence-corrected chi connectivity index (χ0v) is 15.3. The fourth-order valence-electron chi connectivity index (χ4n) is 1.62. The van der Waals surface area contributed by atoms with Crippen LogP contribution in [-0.2, 0) is 0 Å². The van der Waals surface area contributed by atoms with E-state index in [-0.39, 0.29) is 5.91 Å². The molecule has 19 heavy (non-hydrogen) atoms. The molecule has 1 amide bonds. The van der Waals surface area contributed by atoms with Crippen LogP contribution in [-0.4, -0.2) is 5.91 Å². The van der Waals surface area contributed by atoms with Crippen LogP contribution in [0.3, 0.4) is 0 Å². The first-order valence-corrected chi connectivity index (χ1v) is 8.40. The Morgan fingerprint density at radius 2 is 1.95 bits per heavy atom. The van der Waals surface area contributed by atoms with Crippen LogP contribution < -0.4 is 11.1 Å². The second-order valence-corrected chi connectivity index (χ2v) is 8.54. The minimum absolute atomic E-state index is 0.189. The lowest BCUT2D eigenvalue weighted by Gasteiger charge is -2.11. The molecule has 1 heterocycles. The Kier molecular flexibility index (Phi) is 4.70. The van der Waals surface area contributed by atoms with Gasteiger partial charge < -0.3 is 11.1 Å². The van der Waals surface area contributed by atoms with Gasteiger partial charge in [0.1, 0.15) is 0 Å². The maximum atomic E-state index is 12.2. The van der Waals surface area contributed by atoms with Crippen molar-refractivity contribution in [1.29, 1.82) is 0 Å². The third-order valence-electron chi connectivity index (χ3n) is 2.47. The van der Waals surface area contributed by atoms with Crippen molar-refractivity contribution < 1.29 is 4.79 Å². The van der Waals surface area contributed by atoms with Gasteiger partial charge in [-0.25, -0.2) is 0 Å². The molecule has 0 aliphatic carbocycles. The molecule has 100 valence electrons. The largest absolute Gasteiger partial charge is 0.397 e. The molecule has 3 N–H and O–H groups in total. The summed E-state index contributed by atoms with van der Waals surface area (Å²) in [5.41, 5.74) is 8.59. The van der Waals surface area contributed by atoms with Crippen molar-refractivity contribution in [3.8, 4) is 0 Å². The van der Waals surface area contributed by atoms with Crippen molar-refractivity contribution in [2.45, 2.75) is 6.92 Å². The normalized spacial score (nSPS) is 10.5. The lowest BCUT2D eigenvalue weighted by Crippen LogP contribution is -2.14. The van der Waals surface area contributed by atoms with Crippen molar-refractivity contribution in [3.05, 3.63) is 41.4 Å². The average Bonchev–Trinajstić information content (AvgIpc) is 2.62. The third-order valence-corrected chi connectivity index (χ3v) is 5.27. The number of carbonyl (C=O) groups excluding carboxylic acids is 1. The molecule has 0 aliphatic heterocycles. The van der Waals surface area contributed by atoms with Crippen LogP contribution in [0.4, 0.5) is 11.4 Å². The molecule has 7 heteroatoms. The second-order valence-electron chi connectivity index (χ2n) is 3.88. The molecule has 0 saturated heterocycles. The fraction of sp³-hybridized carbons (Fsp3) is 0.0833. The highest BCUT2D eigenvalue weighted by Crippen LogP contribution is 2.33. The molecule has 0 fully saturated rings. The summed E-state index contributed by atoms with van der Waals surface area (Å²) in [6, 6.07) is 5.44.